The van der Waals surface area contributed by atoms with Crippen molar-refractivity contribution in [3.8, 4) is 0 Å². The van der Waals surface area contributed by atoms with Gasteiger partial charge in [-0.3, -0.25) is 10.1 Å². The molecule has 2 aromatic rings. The first-order valence-electron chi connectivity index (χ1n) is 6.90. The Morgan fingerprint density at radius 1 is 1.33 bits per heavy atom. The summed E-state index contributed by atoms with van der Waals surface area (Å²) in [7, 11) is 0. The normalized spacial score (nSPS) is 13.1. The highest BCUT2D eigenvalue weighted by Crippen LogP contribution is 2.25. The second-order valence-electron chi connectivity index (χ2n) is 6.02. The smallest absolute Gasteiger partial charge is 0.239 e. The van der Waals surface area contributed by atoms with E-state index >= 15 is 0 Å². The summed E-state index contributed by atoms with van der Waals surface area (Å²) >= 11 is 1.65. The number of carbonyl (C=O) groups excluding carboxylic acids is 1. The highest BCUT2D eigenvalue weighted by molar-refractivity contribution is 7.09. The SMILES string of the molecule is CC(C)(C)c1nc(CN[C@H](C(N)=O)c2ccccc2)cs1. The minimum atomic E-state index is -0.494. The molecule has 1 heterocycles. The lowest BCUT2D eigenvalue weighted by molar-refractivity contribution is -0.120. The molecule has 112 valence electrons. The Morgan fingerprint density at radius 2 is 2.00 bits per heavy atom. The quantitative estimate of drug-likeness (QED) is 0.892. The summed E-state index contributed by atoms with van der Waals surface area (Å²) in [6.07, 6.45) is 0. The second kappa shape index (κ2) is 6.37. The van der Waals surface area contributed by atoms with Crippen LogP contribution in [-0.4, -0.2) is 10.9 Å². The van der Waals surface area contributed by atoms with Gasteiger partial charge < -0.3 is 5.73 Å². The predicted molar refractivity (Wildman–Crippen MR) is 86.0 cm³/mol. The van der Waals surface area contributed by atoms with Crippen LogP contribution in [0.4, 0.5) is 0 Å². The number of nitrogens with zero attached hydrogens (tertiary/aromatic N) is 1. The largest absolute Gasteiger partial charge is 0.368 e. The van der Waals surface area contributed by atoms with E-state index in [2.05, 4.69) is 31.1 Å². The van der Waals surface area contributed by atoms with Gasteiger partial charge in [-0.15, -0.1) is 11.3 Å². The molecule has 1 amide bonds. The van der Waals surface area contributed by atoms with Gasteiger partial charge in [-0.25, -0.2) is 4.98 Å². The van der Waals surface area contributed by atoms with E-state index in [1.807, 2.05) is 35.7 Å². The summed E-state index contributed by atoms with van der Waals surface area (Å²) in [6, 6.07) is 9.00. The van der Waals surface area contributed by atoms with E-state index in [4.69, 9.17) is 5.73 Å². The molecule has 0 fully saturated rings. The molecule has 0 aliphatic heterocycles. The van der Waals surface area contributed by atoms with Gasteiger partial charge in [0.05, 0.1) is 10.7 Å². The third kappa shape index (κ3) is 4.12. The maximum Gasteiger partial charge on any atom is 0.239 e. The van der Waals surface area contributed by atoms with Crippen molar-refractivity contribution in [2.24, 2.45) is 5.73 Å². The molecule has 0 radical (unpaired) electrons. The number of thiazole rings is 1. The summed E-state index contributed by atoms with van der Waals surface area (Å²) < 4.78 is 0. The van der Waals surface area contributed by atoms with E-state index in [0.29, 0.717) is 6.54 Å². The van der Waals surface area contributed by atoms with Gasteiger partial charge in [0.25, 0.3) is 0 Å². The van der Waals surface area contributed by atoms with Crippen molar-refractivity contribution in [3.63, 3.8) is 0 Å². The average molecular weight is 303 g/mol. The maximum absolute atomic E-state index is 11.6. The fourth-order valence-corrected chi connectivity index (χ4v) is 2.87. The number of hydrogen-bond acceptors (Lipinski definition) is 4. The van der Waals surface area contributed by atoms with E-state index in [-0.39, 0.29) is 11.3 Å². The number of benzene rings is 1. The number of amides is 1. The first-order valence-corrected chi connectivity index (χ1v) is 7.78. The van der Waals surface area contributed by atoms with Crippen LogP contribution in [0.3, 0.4) is 0 Å². The Balaban J connectivity index is 2.06. The maximum atomic E-state index is 11.6. The van der Waals surface area contributed by atoms with Crippen LogP contribution in [0, 0.1) is 0 Å². The zero-order valence-corrected chi connectivity index (χ0v) is 13.4. The summed E-state index contributed by atoms with van der Waals surface area (Å²) in [5, 5.41) is 6.30. The van der Waals surface area contributed by atoms with Gasteiger partial charge >= 0.3 is 0 Å². The minimum absolute atomic E-state index is 0.0471. The number of aromatic nitrogens is 1. The van der Waals surface area contributed by atoms with Gasteiger partial charge in [-0.05, 0) is 5.56 Å². The predicted octanol–water partition coefficient (Wildman–Crippen LogP) is 2.76. The van der Waals surface area contributed by atoms with E-state index in [9.17, 15) is 4.79 Å². The molecule has 21 heavy (non-hydrogen) atoms. The van der Waals surface area contributed by atoms with E-state index in [0.717, 1.165) is 16.3 Å². The van der Waals surface area contributed by atoms with Gasteiger partial charge in [0.15, 0.2) is 0 Å². The Morgan fingerprint density at radius 3 is 2.52 bits per heavy atom. The van der Waals surface area contributed by atoms with Gasteiger partial charge in [0.2, 0.25) is 5.91 Å². The average Bonchev–Trinajstić information content (AvgIpc) is 2.88. The fraction of sp³-hybridized carbons (Fsp3) is 0.375. The summed E-state index contributed by atoms with van der Waals surface area (Å²) in [5.74, 6) is -0.382. The van der Waals surface area contributed by atoms with E-state index in [1.165, 1.54) is 0 Å². The van der Waals surface area contributed by atoms with Crippen LogP contribution >= 0.6 is 11.3 Å². The fourth-order valence-electron chi connectivity index (χ4n) is 1.97. The van der Waals surface area contributed by atoms with E-state index in [1.54, 1.807) is 11.3 Å². The molecular formula is C16H21N3OS. The molecule has 3 N–H and O–H groups in total. The standard InChI is InChI=1S/C16H21N3OS/c1-16(2,3)15-19-12(10-21-15)9-18-13(14(17)20)11-7-5-4-6-8-11/h4-8,10,13,18H,9H2,1-3H3,(H2,17,20)/t13-/m0/s1. The molecule has 0 saturated carbocycles. The number of rotatable bonds is 5. The van der Waals surface area contributed by atoms with Crippen molar-refractivity contribution in [1.82, 2.24) is 10.3 Å². The van der Waals surface area contributed by atoms with Gasteiger partial charge in [0.1, 0.15) is 6.04 Å². The van der Waals surface area contributed by atoms with Crippen molar-refractivity contribution < 1.29 is 4.79 Å². The molecule has 0 aliphatic rings. The van der Waals surface area contributed by atoms with Crippen molar-refractivity contribution in [1.29, 1.82) is 0 Å². The summed E-state index contributed by atoms with van der Waals surface area (Å²) in [4.78, 5) is 16.2. The second-order valence-corrected chi connectivity index (χ2v) is 6.88. The van der Waals surface area contributed by atoms with Crippen LogP contribution in [0.2, 0.25) is 0 Å². The van der Waals surface area contributed by atoms with Crippen molar-refractivity contribution >= 4 is 17.2 Å². The summed E-state index contributed by atoms with van der Waals surface area (Å²) in [6.45, 7) is 6.94. The monoisotopic (exact) mass is 303 g/mol. The van der Waals surface area contributed by atoms with Crippen LogP contribution in [0.25, 0.3) is 0 Å². The first kappa shape index (κ1) is 15.7. The summed E-state index contributed by atoms with van der Waals surface area (Å²) in [5.41, 5.74) is 7.34. The van der Waals surface area contributed by atoms with Crippen molar-refractivity contribution in [2.75, 3.05) is 0 Å². The highest BCUT2D eigenvalue weighted by atomic mass is 32.1. The molecule has 0 spiro atoms. The van der Waals surface area contributed by atoms with Crippen molar-refractivity contribution in [3.05, 3.63) is 52.0 Å². The lowest BCUT2D eigenvalue weighted by Crippen LogP contribution is -2.33. The third-order valence-electron chi connectivity index (χ3n) is 3.10. The molecule has 1 aromatic heterocycles. The molecular weight excluding hydrogens is 282 g/mol. The van der Waals surface area contributed by atoms with Gasteiger partial charge in [0, 0.05) is 17.3 Å². The zero-order valence-electron chi connectivity index (χ0n) is 12.6. The van der Waals surface area contributed by atoms with Crippen LogP contribution < -0.4 is 11.1 Å². The molecule has 5 heteroatoms. The zero-order chi connectivity index (χ0) is 15.5. The number of nitrogens with one attached hydrogen (secondary N) is 1. The van der Waals surface area contributed by atoms with Crippen LogP contribution in [0.5, 0.6) is 0 Å². The van der Waals surface area contributed by atoms with E-state index < -0.39 is 6.04 Å². The number of primary amides is 1. The molecule has 4 nitrogen and oxygen atoms in total. The molecule has 2 rings (SSSR count). The molecule has 0 saturated heterocycles. The molecule has 1 aromatic carbocycles. The van der Waals surface area contributed by atoms with Gasteiger partial charge in [-0.1, -0.05) is 51.1 Å². The van der Waals surface area contributed by atoms with Crippen LogP contribution in [0.1, 0.15) is 43.1 Å². The number of carbonyl (C=O) groups is 1. The Kier molecular flexibility index (Phi) is 4.75. The Hall–Kier alpha value is -1.72. The molecule has 0 bridgehead atoms. The lowest BCUT2D eigenvalue weighted by Gasteiger charge is -2.15. The number of hydrogen-bond donors (Lipinski definition) is 2. The Labute approximate surface area is 129 Å². The lowest BCUT2D eigenvalue weighted by atomic mass is 9.98. The molecule has 0 aliphatic carbocycles. The van der Waals surface area contributed by atoms with Crippen LogP contribution in [0.15, 0.2) is 35.7 Å². The number of nitrogens with two attached hydrogens (primary N) is 1. The van der Waals surface area contributed by atoms with Crippen molar-refractivity contribution in [2.45, 2.75) is 38.8 Å². The Bertz CT molecular complexity index is 601. The van der Waals surface area contributed by atoms with Gasteiger partial charge in [-0.2, -0.15) is 0 Å². The molecule has 1 atom stereocenters. The first-order chi connectivity index (χ1) is 9.88. The van der Waals surface area contributed by atoms with Crippen LogP contribution in [-0.2, 0) is 16.8 Å². The third-order valence-corrected chi connectivity index (χ3v) is 4.41. The molecule has 0 unspecified atom stereocenters. The highest BCUT2D eigenvalue weighted by Gasteiger charge is 2.20. The topological polar surface area (TPSA) is 68.0 Å². The minimum Gasteiger partial charge on any atom is -0.368 e.